The number of rotatable bonds is 10. The smallest absolute Gasteiger partial charge is 0.434 e. The van der Waals surface area contributed by atoms with Gasteiger partial charge >= 0.3 is 6.16 Å². The van der Waals surface area contributed by atoms with E-state index in [1.165, 1.54) is 18.4 Å². The molecule has 0 N–H and O–H groups in total. The molecular weight excluding hydrogens is 276 g/mol. The second kappa shape index (κ2) is 11.1. The molecular formula is C19H30O3. The quantitative estimate of drug-likeness (QED) is 0.316. The van der Waals surface area contributed by atoms with Crippen LogP contribution in [0.25, 0.3) is 0 Å². The molecule has 3 nitrogen and oxygen atoms in total. The first-order valence-electron chi connectivity index (χ1n) is 8.67. The lowest BCUT2D eigenvalue weighted by molar-refractivity contribution is 0.0969. The number of carbonyl (C=O) groups excluding carboxylic acids is 1. The number of ether oxygens (including phenoxy) is 2. The van der Waals surface area contributed by atoms with Crippen molar-refractivity contribution in [3.8, 4) is 5.75 Å². The van der Waals surface area contributed by atoms with Gasteiger partial charge < -0.3 is 9.47 Å². The third-order valence-electron chi connectivity index (χ3n) is 3.59. The maximum Gasteiger partial charge on any atom is 0.513 e. The predicted molar refractivity (Wildman–Crippen MR) is 90.6 cm³/mol. The second-order valence-corrected chi connectivity index (χ2v) is 5.70. The van der Waals surface area contributed by atoms with Crippen molar-refractivity contribution in [3.05, 3.63) is 29.3 Å². The first kappa shape index (κ1) is 18.5. The molecule has 0 amide bonds. The Kier molecular flexibility index (Phi) is 9.36. The van der Waals surface area contributed by atoms with E-state index in [4.69, 9.17) is 9.47 Å². The predicted octanol–water partition coefficient (Wildman–Crippen LogP) is 5.69. The van der Waals surface area contributed by atoms with Crippen molar-refractivity contribution in [2.24, 2.45) is 0 Å². The number of unbranched alkanes of at least 4 members (excludes halogenated alkanes) is 3. The van der Waals surface area contributed by atoms with Crippen LogP contribution >= 0.6 is 0 Å². The Bertz CT molecular complexity index is 440. The molecule has 0 aromatic heterocycles. The third-order valence-corrected chi connectivity index (χ3v) is 3.59. The van der Waals surface area contributed by atoms with E-state index in [2.05, 4.69) is 26.8 Å². The number of benzene rings is 1. The Hall–Kier alpha value is -1.51. The fourth-order valence-electron chi connectivity index (χ4n) is 2.44. The molecule has 0 radical (unpaired) electrons. The summed E-state index contributed by atoms with van der Waals surface area (Å²) in [5.74, 6) is 0.639. The van der Waals surface area contributed by atoms with E-state index < -0.39 is 6.16 Å². The van der Waals surface area contributed by atoms with Gasteiger partial charge in [-0.3, -0.25) is 0 Å². The van der Waals surface area contributed by atoms with E-state index in [0.717, 1.165) is 44.1 Å². The molecule has 22 heavy (non-hydrogen) atoms. The summed E-state index contributed by atoms with van der Waals surface area (Å²) in [7, 11) is 0. The molecule has 0 unspecified atom stereocenters. The zero-order valence-corrected chi connectivity index (χ0v) is 14.3. The fraction of sp³-hybridized carbons (Fsp3) is 0.632. The van der Waals surface area contributed by atoms with Gasteiger partial charge in [0.2, 0.25) is 0 Å². The average molecular weight is 306 g/mol. The van der Waals surface area contributed by atoms with E-state index in [1.807, 2.05) is 12.1 Å². The van der Waals surface area contributed by atoms with Crippen molar-refractivity contribution >= 4 is 6.16 Å². The fourth-order valence-corrected chi connectivity index (χ4v) is 2.44. The van der Waals surface area contributed by atoms with Crippen molar-refractivity contribution in [1.82, 2.24) is 0 Å². The van der Waals surface area contributed by atoms with E-state index in [0.29, 0.717) is 12.4 Å². The maximum atomic E-state index is 11.8. The van der Waals surface area contributed by atoms with E-state index in [1.54, 1.807) is 0 Å². The van der Waals surface area contributed by atoms with Gasteiger partial charge in [0, 0.05) is 0 Å². The topological polar surface area (TPSA) is 35.5 Å². The van der Waals surface area contributed by atoms with Crippen molar-refractivity contribution in [1.29, 1.82) is 0 Å². The summed E-state index contributed by atoms with van der Waals surface area (Å²) in [4.78, 5) is 11.8. The zero-order valence-electron chi connectivity index (χ0n) is 14.3. The summed E-state index contributed by atoms with van der Waals surface area (Å²) in [5, 5.41) is 0. The lowest BCUT2D eigenvalue weighted by Gasteiger charge is -2.11. The Labute approximate surface area is 135 Å². The minimum Gasteiger partial charge on any atom is -0.434 e. The summed E-state index contributed by atoms with van der Waals surface area (Å²) in [6, 6.07) is 6.08. The van der Waals surface area contributed by atoms with Crippen LogP contribution in [0.4, 0.5) is 4.79 Å². The third kappa shape index (κ3) is 6.97. The van der Waals surface area contributed by atoms with Gasteiger partial charge in [0.1, 0.15) is 5.75 Å². The van der Waals surface area contributed by atoms with Gasteiger partial charge in [0.25, 0.3) is 0 Å². The highest BCUT2D eigenvalue weighted by Gasteiger charge is 2.11. The summed E-state index contributed by atoms with van der Waals surface area (Å²) in [6.45, 7) is 6.89. The summed E-state index contributed by atoms with van der Waals surface area (Å²) < 4.78 is 10.5. The van der Waals surface area contributed by atoms with Gasteiger partial charge in [0.05, 0.1) is 6.61 Å². The molecule has 1 rings (SSSR count). The standard InChI is InChI=1S/C19H30O3/c1-4-7-8-9-14-21-19(20)22-18-13-12-16(10-5-2)15-17(18)11-6-3/h12-13,15H,4-11,14H2,1-3H3. The van der Waals surface area contributed by atoms with Gasteiger partial charge in [-0.1, -0.05) is 65.0 Å². The van der Waals surface area contributed by atoms with Crippen LogP contribution in [0.2, 0.25) is 0 Å². The van der Waals surface area contributed by atoms with Crippen LogP contribution in [0.5, 0.6) is 5.75 Å². The van der Waals surface area contributed by atoms with Crippen LogP contribution in [-0.4, -0.2) is 12.8 Å². The molecule has 0 spiro atoms. The minimum atomic E-state index is -0.586. The first-order valence-corrected chi connectivity index (χ1v) is 8.67. The Morgan fingerprint density at radius 2 is 1.73 bits per heavy atom. The van der Waals surface area contributed by atoms with Crippen LogP contribution in [0, 0.1) is 0 Å². The molecule has 0 heterocycles. The molecule has 0 aliphatic carbocycles. The van der Waals surface area contributed by atoms with Crippen molar-refractivity contribution in [3.63, 3.8) is 0 Å². The zero-order chi connectivity index (χ0) is 16.2. The Morgan fingerprint density at radius 1 is 0.955 bits per heavy atom. The highest BCUT2D eigenvalue weighted by Crippen LogP contribution is 2.23. The molecule has 0 aliphatic rings. The van der Waals surface area contributed by atoms with Crippen LogP contribution in [0.1, 0.15) is 70.4 Å². The SMILES string of the molecule is CCCCCCOC(=O)Oc1ccc(CCC)cc1CCC. The van der Waals surface area contributed by atoms with Gasteiger partial charge in [-0.05, 0) is 36.5 Å². The Morgan fingerprint density at radius 3 is 2.41 bits per heavy atom. The average Bonchev–Trinajstić information content (AvgIpc) is 2.50. The van der Waals surface area contributed by atoms with Crippen molar-refractivity contribution < 1.29 is 14.3 Å². The largest absolute Gasteiger partial charge is 0.513 e. The van der Waals surface area contributed by atoms with Gasteiger partial charge in [0.15, 0.2) is 0 Å². The van der Waals surface area contributed by atoms with Crippen LogP contribution in [0.15, 0.2) is 18.2 Å². The highest BCUT2D eigenvalue weighted by atomic mass is 16.7. The summed E-state index contributed by atoms with van der Waals surface area (Å²) >= 11 is 0. The number of carbonyl (C=O) groups is 1. The van der Waals surface area contributed by atoms with E-state index in [-0.39, 0.29) is 0 Å². The molecule has 3 heteroatoms. The maximum absolute atomic E-state index is 11.8. The lowest BCUT2D eigenvalue weighted by atomic mass is 10.0. The van der Waals surface area contributed by atoms with Crippen molar-refractivity contribution in [2.75, 3.05) is 6.61 Å². The first-order chi connectivity index (χ1) is 10.7. The molecule has 1 aromatic carbocycles. The molecule has 0 bridgehead atoms. The molecule has 0 saturated carbocycles. The number of hydrogen-bond donors (Lipinski definition) is 0. The van der Waals surface area contributed by atoms with Crippen LogP contribution < -0.4 is 4.74 Å². The van der Waals surface area contributed by atoms with Crippen molar-refractivity contribution in [2.45, 2.75) is 72.1 Å². The second-order valence-electron chi connectivity index (χ2n) is 5.70. The van der Waals surface area contributed by atoms with Gasteiger partial charge in [-0.25, -0.2) is 4.79 Å². The molecule has 0 fully saturated rings. The summed E-state index contributed by atoms with van der Waals surface area (Å²) in [6.07, 6.45) is 7.88. The van der Waals surface area contributed by atoms with E-state index >= 15 is 0 Å². The molecule has 0 saturated heterocycles. The van der Waals surface area contributed by atoms with E-state index in [9.17, 15) is 4.79 Å². The monoisotopic (exact) mass is 306 g/mol. The van der Waals surface area contributed by atoms with Crippen LogP contribution in [0.3, 0.4) is 0 Å². The van der Waals surface area contributed by atoms with Crippen LogP contribution in [-0.2, 0) is 17.6 Å². The molecule has 0 atom stereocenters. The molecule has 124 valence electrons. The van der Waals surface area contributed by atoms with Gasteiger partial charge in [-0.15, -0.1) is 0 Å². The number of aryl methyl sites for hydroxylation is 2. The van der Waals surface area contributed by atoms with Gasteiger partial charge in [-0.2, -0.15) is 0 Å². The highest BCUT2D eigenvalue weighted by molar-refractivity contribution is 5.64. The Balaban J connectivity index is 2.53. The minimum absolute atomic E-state index is 0.440. The lowest BCUT2D eigenvalue weighted by Crippen LogP contribution is -2.12. The normalized spacial score (nSPS) is 10.5. The number of hydrogen-bond acceptors (Lipinski definition) is 3. The summed E-state index contributed by atoms with van der Waals surface area (Å²) in [5.41, 5.74) is 2.39. The molecule has 0 aliphatic heterocycles. The molecule has 1 aromatic rings.